The third-order valence-electron chi connectivity index (χ3n) is 2.97. The van der Waals surface area contributed by atoms with Crippen LogP contribution in [0.2, 0.25) is 0 Å². The fraction of sp³-hybridized carbons (Fsp3) is 0. The summed E-state index contributed by atoms with van der Waals surface area (Å²) in [4.78, 5) is 13.9. The van der Waals surface area contributed by atoms with Gasteiger partial charge in [-0.15, -0.1) is 11.3 Å². The van der Waals surface area contributed by atoms with Crippen LogP contribution in [0.1, 0.15) is 25.7 Å². The molecule has 0 fully saturated rings. The van der Waals surface area contributed by atoms with Gasteiger partial charge in [0.2, 0.25) is 5.78 Å². The summed E-state index contributed by atoms with van der Waals surface area (Å²) in [6.07, 6.45) is 0. The molecule has 0 aliphatic heterocycles. The van der Waals surface area contributed by atoms with Crippen molar-refractivity contribution in [1.29, 1.82) is 0 Å². The lowest BCUT2D eigenvalue weighted by Gasteiger charge is -1.95. The van der Waals surface area contributed by atoms with Crippen LogP contribution < -0.4 is 0 Å². The van der Waals surface area contributed by atoms with E-state index in [1.807, 2.05) is 72.8 Å². The second kappa shape index (κ2) is 6.21. The number of ketones is 1. The molecule has 0 aliphatic carbocycles. The average molecular weight is 288 g/mol. The Labute approximate surface area is 127 Å². The summed E-state index contributed by atoms with van der Waals surface area (Å²) in [5, 5.41) is 0. The van der Waals surface area contributed by atoms with Gasteiger partial charge >= 0.3 is 0 Å². The van der Waals surface area contributed by atoms with Crippen molar-refractivity contribution in [3.63, 3.8) is 0 Å². The molecule has 0 saturated carbocycles. The van der Waals surface area contributed by atoms with Crippen LogP contribution in [-0.2, 0) is 0 Å². The van der Waals surface area contributed by atoms with E-state index in [-0.39, 0.29) is 5.78 Å². The lowest BCUT2D eigenvalue weighted by molar-refractivity contribution is 0.104. The summed E-state index contributed by atoms with van der Waals surface area (Å²) >= 11 is 1.43. The summed E-state index contributed by atoms with van der Waals surface area (Å²) in [7, 11) is 0. The van der Waals surface area contributed by atoms with E-state index in [4.69, 9.17) is 0 Å². The molecule has 0 amide bonds. The van der Waals surface area contributed by atoms with E-state index in [1.54, 1.807) is 0 Å². The van der Waals surface area contributed by atoms with Crippen molar-refractivity contribution in [3.05, 3.63) is 93.7 Å². The van der Waals surface area contributed by atoms with Crippen LogP contribution in [0, 0.1) is 11.8 Å². The third kappa shape index (κ3) is 3.28. The molecule has 0 aliphatic rings. The Kier molecular flexibility index (Phi) is 3.95. The number of hydrogen-bond donors (Lipinski definition) is 0. The van der Waals surface area contributed by atoms with Crippen LogP contribution >= 0.6 is 11.3 Å². The molecule has 0 saturated heterocycles. The molecule has 3 aromatic rings. The first-order valence-corrected chi connectivity index (χ1v) is 7.41. The van der Waals surface area contributed by atoms with Crippen molar-refractivity contribution in [3.8, 4) is 11.8 Å². The summed E-state index contributed by atoms with van der Waals surface area (Å²) in [5.74, 6) is 6.26. The number of carbonyl (C=O) groups is 1. The van der Waals surface area contributed by atoms with Gasteiger partial charge in [-0.25, -0.2) is 0 Å². The highest BCUT2D eigenvalue weighted by atomic mass is 32.1. The molecule has 0 bridgehead atoms. The van der Waals surface area contributed by atoms with E-state index in [9.17, 15) is 4.79 Å². The maximum Gasteiger partial charge on any atom is 0.202 e. The Hall–Kier alpha value is -2.63. The monoisotopic (exact) mass is 288 g/mol. The molecule has 100 valence electrons. The molecule has 0 N–H and O–H groups in total. The maximum absolute atomic E-state index is 12.3. The van der Waals surface area contributed by atoms with Crippen LogP contribution in [0.5, 0.6) is 0 Å². The molecule has 21 heavy (non-hydrogen) atoms. The molecular formula is C19H12OS. The smallest absolute Gasteiger partial charge is 0.202 e. The van der Waals surface area contributed by atoms with Crippen molar-refractivity contribution in [1.82, 2.24) is 0 Å². The summed E-state index contributed by atoms with van der Waals surface area (Å²) in [5.41, 5.74) is 1.68. The summed E-state index contributed by atoms with van der Waals surface area (Å²) in [6, 6.07) is 22.9. The first-order valence-electron chi connectivity index (χ1n) is 6.59. The quantitative estimate of drug-likeness (QED) is 0.505. The van der Waals surface area contributed by atoms with Crippen LogP contribution in [0.4, 0.5) is 0 Å². The first-order chi connectivity index (χ1) is 10.3. The SMILES string of the molecule is O=C(c1ccccc1)c1ccc(C#Cc2ccccc2)s1. The van der Waals surface area contributed by atoms with Crippen LogP contribution in [-0.4, -0.2) is 5.78 Å². The van der Waals surface area contributed by atoms with E-state index in [0.29, 0.717) is 5.56 Å². The minimum Gasteiger partial charge on any atom is -0.288 e. The highest BCUT2D eigenvalue weighted by molar-refractivity contribution is 7.14. The van der Waals surface area contributed by atoms with Gasteiger partial charge in [-0.2, -0.15) is 0 Å². The fourth-order valence-corrected chi connectivity index (χ4v) is 2.74. The lowest BCUT2D eigenvalue weighted by atomic mass is 10.1. The Morgan fingerprint density at radius 3 is 2.14 bits per heavy atom. The van der Waals surface area contributed by atoms with E-state index in [2.05, 4.69) is 11.8 Å². The van der Waals surface area contributed by atoms with Crippen molar-refractivity contribution in [2.45, 2.75) is 0 Å². The number of benzene rings is 2. The van der Waals surface area contributed by atoms with Crippen molar-refractivity contribution >= 4 is 17.1 Å². The van der Waals surface area contributed by atoms with Crippen molar-refractivity contribution < 1.29 is 4.79 Å². The van der Waals surface area contributed by atoms with Gasteiger partial charge < -0.3 is 0 Å². The highest BCUT2D eigenvalue weighted by Gasteiger charge is 2.10. The zero-order chi connectivity index (χ0) is 14.5. The van der Waals surface area contributed by atoms with Gasteiger partial charge in [-0.05, 0) is 24.3 Å². The normalized spacial score (nSPS) is 9.71. The van der Waals surface area contributed by atoms with Gasteiger partial charge in [0.15, 0.2) is 0 Å². The summed E-state index contributed by atoms with van der Waals surface area (Å²) < 4.78 is 0. The molecule has 2 heteroatoms. The van der Waals surface area contributed by atoms with Crippen LogP contribution in [0.15, 0.2) is 72.8 Å². The molecule has 3 rings (SSSR count). The predicted molar refractivity (Wildman–Crippen MR) is 86.6 cm³/mol. The maximum atomic E-state index is 12.3. The summed E-state index contributed by atoms with van der Waals surface area (Å²) in [6.45, 7) is 0. The van der Waals surface area contributed by atoms with Crippen molar-refractivity contribution in [2.24, 2.45) is 0 Å². The molecule has 1 heterocycles. The molecule has 0 spiro atoms. The second-order valence-electron chi connectivity index (χ2n) is 4.48. The fourth-order valence-electron chi connectivity index (χ4n) is 1.91. The van der Waals surface area contributed by atoms with Crippen LogP contribution in [0.25, 0.3) is 0 Å². The van der Waals surface area contributed by atoms with Gasteiger partial charge in [0, 0.05) is 11.1 Å². The molecule has 0 atom stereocenters. The average Bonchev–Trinajstić information content (AvgIpc) is 3.03. The molecule has 0 unspecified atom stereocenters. The molecule has 1 nitrogen and oxygen atoms in total. The number of thiophene rings is 1. The largest absolute Gasteiger partial charge is 0.288 e. The zero-order valence-electron chi connectivity index (χ0n) is 11.2. The lowest BCUT2D eigenvalue weighted by Crippen LogP contribution is -1.97. The van der Waals surface area contributed by atoms with Gasteiger partial charge in [-0.1, -0.05) is 60.4 Å². The Bertz CT molecular complexity index is 805. The van der Waals surface area contributed by atoms with E-state index in [0.717, 1.165) is 15.3 Å². The Balaban J connectivity index is 1.82. The topological polar surface area (TPSA) is 17.1 Å². The number of rotatable bonds is 2. The number of hydrogen-bond acceptors (Lipinski definition) is 2. The van der Waals surface area contributed by atoms with Gasteiger partial charge in [-0.3, -0.25) is 4.79 Å². The Morgan fingerprint density at radius 1 is 0.762 bits per heavy atom. The van der Waals surface area contributed by atoms with Crippen LogP contribution in [0.3, 0.4) is 0 Å². The first kappa shape index (κ1) is 13.4. The molecule has 0 radical (unpaired) electrons. The minimum atomic E-state index is 0.0494. The molecule has 1 aromatic heterocycles. The van der Waals surface area contributed by atoms with E-state index >= 15 is 0 Å². The molecular weight excluding hydrogens is 276 g/mol. The van der Waals surface area contributed by atoms with Gasteiger partial charge in [0.05, 0.1) is 9.75 Å². The van der Waals surface area contributed by atoms with Gasteiger partial charge in [0.25, 0.3) is 0 Å². The van der Waals surface area contributed by atoms with Crippen molar-refractivity contribution in [2.75, 3.05) is 0 Å². The minimum absolute atomic E-state index is 0.0494. The molecule has 2 aromatic carbocycles. The third-order valence-corrected chi connectivity index (χ3v) is 3.97. The van der Waals surface area contributed by atoms with E-state index < -0.39 is 0 Å². The number of carbonyl (C=O) groups excluding carboxylic acids is 1. The zero-order valence-corrected chi connectivity index (χ0v) is 12.1. The Morgan fingerprint density at radius 2 is 1.43 bits per heavy atom. The standard InChI is InChI=1S/C19H12OS/c20-19(16-9-5-2-6-10-16)18-14-13-17(21-18)12-11-15-7-3-1-4-8-15/h1-10,13-14H. The van der Waals surface area contributed by atoms with Gasteiger partial charge in [0.1, 0.15) is 0 Å². The predicted octanol–water partition coefficient (Wildman–Crippen LogP) is 4.38. The second-order valence-corrected chi connectivity index (χ2v) is 5.56. The van der Waals surface area contributed by atoms with E-state index in [1.165, 1.54) is 11.3 Å². The highest BCUT2D eigenvalue weighted by Crippen LogP contribution is 2.19.